The number of anilines is 1. The van der Waals surface area contributed by atoms with Crippen LogP contribution in [0.5, 0.6) is 5.75 Å². The summed E-state index contributed by atoms with van der Waals surface area (Å²) in [5, 5.41) is 18.1. The highest BCUT2D eigenvalue weighted by Gasteiger charge is 2.22. The molecule has 0 fully saturated rings. The summed E-state index contributed by atoms with van der Waals surface area (Å²) < 4.78 is 5.32. The summed E-state index contributed by atoms with van der Waals surface area (Å²) in [6.07, 6.45) is 1.15. The number of nitro groups is 1. The summed E-state index contributed by atoms with van der Waals surface area (Å²) in [5.74, 6) is -1.93. The molecule has 38 heavy (non-hydrogen) atoms. The number of esters is 1. The third-order valence-electron chi connectivity index (χ3n) is 5.24. The Morgan fingerprint density at radius 3 is 1.97 bits per heavy atom. The van der Waals surface area contributed by atoms with Crippen molar-refractivity contribution in [1.82, 2.24) is 5.43 Å². The first kappa shape index (κ1) is 25.5. The van der Waals surface area contributed by atoms with Crippen LogP contribution in [-0.4, -0.2) is 28.9 Å². The van der Waals surface area contributed by atoms with E-state index < -0.39 is 22.5 Å². The van der Waals surface area contributed by atoms with Crippen molar-refractivity contribution in [2.45, 2.75) is 0 Å². The van der Waals surface area contributed by atoms with Crippen molar-refractivity contribution in [3.8, 4) is 5.75 Å². The maximum absolute atomic E-state index is 12.5. The summed E-state index contributed by atoms with van der Waals surface area (Å²) in [4.78, 5) is 48.1. The van der Waals surface area contributed by atoms with Crippen LogP contribution < -0.4 is 15.5 Å². The Morgan fingerprint density at radius 2 is 1.34 bits per heavy atom. The maximum atomic E-state index is 12.5. The monoisotopic (exact) mass is 508 g/mol. The van der Waals surface area contributed by atoms with Crippen LogP contribution in [0.2, 0.25) is 0 Å². The van der Waals surface area contributed by atoms with Gasteiger partial charge in [0.1, 0.15) is 0 Å². The molecule has 4 aromatic carbocycles. The van der Waals surface area contributed by atoms with Crippen LogP contribution in [0.4, 0.5) is 11.4 Å². The molecule has 0 saturated heterocycles. The minimum Gasteiger partial charge on any atom is -0.415 e. The number of carbonyl (C=O) groups excluding carboxylic acids is 3. The number of carbonyl (C=O) groups is 3. The lowest BCUT2D eigenvalue weighted by atomic mass is 10.1. The summed E-state index contributed by atoms with van der Waals surface area (Å²) in [6, 6.07) is 26.9. The van der Waals surface area contributed by atoms with E-state index in [0.29, 0.717) is 11.3 Å². The van der Waals surface area contributed by atoms with Crippen LogP contribution in [0.3, 0.4) is 0 Å². The quantitative estimate of drug-likeness (QED) is 0.115. The van der Waals surface area contributed by atoms with E-state index >= 15 is 0 Å². The van der Waals surface area contributed by atoms with Crippen molar-refractivity contribution < 1.29 is 24.0 Å². The number of hydrazone groups is 1. The van der Waals surface area contributed by atoms with E-state index in [1.807, 2.05) is 6.07 Å². The first-order chi connectivity index (χ1) is 18.4. The first-order valence-electron chi connectivity index (χ1n) is 11.3. The number of benzene rings is 4. The van der Waals surface area contributed by atoms with Gasteiger partial charge >= 0.3 is 11.7 Å². The molecule has 0 aliphatic rings. The largest absolute Gasteiger partial charge is 0.415 e. The van der Waals surface area contributed by atoms with Gasteiger partial charge in [-0.25, -0.2) is 10.2 Å². The number of rotatable bonds is 8. The highest BCUT2D eigenvalue weighted by Crippen LogP contribution is 2.30. The van der Waals surface area contributed by atoms with Crippen molar-refractivity contribution in [2.75, 3.05) is 5.32 Å². The molecule has 0 atom stereocenters. The Balaban J connectivity index is 1.44. The second-order valence-electron chi connectivity index (χ2n) is 7.80. The van der Waals surface area contributed by atoms with E-state index in [2.05, 4.69) is 15.8 Å². The Labute approximate surface area is 216 Å². The van der Waals surface area contributed by atoms with Gasteiger partial charge in [0, 0.05) is 28.4 Å². The number of nitro benzene ring substituents is 1. The Kier molecular flexibility index (Phi) is 7.95. The standard InChI is InChI=1S/C28H20N4O6/c33-26(19-8-3-1-4-9-19)30-23-16-14-20(15-17-23)27(34)31-29-18-22-12-7-13-24(32(36)37)25(22)38-28(35)21-10-5-2-6-11-21/h1-18H,(H,30,33)(H,31,34)/b29-18+. The molecule has 10 nitrogen and oxygen atoms in total. The van der Waals surface area contributed by atoms with Crippen LogP contribution in [0, 0.1) is 10.1 Å². The molecule has 2 amide bonds. The maximum Gasteiger partial charge on any atom is 0.343 e. The van der Waals surface area contributed by atoms with Gasteiger partial charge in [0.25, 0.3) is 11.8 Å². The zero-order valence-electron chi connectivity index (χ0n) is 19.7. The molecule has 0 saturated carbocycles. The molecule has 0 aliphatic heterocycles. The number of nitrogens with one attached hydrogen (secondary N) is 2. The zero-order valence-corrected chi connectivity index (χ0v) is 19.7. The van der Waals surface area contributed by atoms with Crippen LogP contribution in [0.25, 0.3) is 0 Å². The highest BCUT2D eigenvalue weighted by atomic mass is 16.6. The van der Waals surface area contributed by atoms with Crippen molar-refractivity contribution in [3.05, 3.63) is 135 Å². The number of para-hydroxylation sites is 1. The lowest BCUT2D eigenvalue weighted by Crippen LogP contribution is -2.18. The number of amides is 2. The van der Waals surface area contributed by atoms with Crippen molar-refractivity contribution in [2.24, 2.45) is 5.10 Å². The van der Waals surface area contributed by atoms with Gasteiger partial charge in [-0.1, -0.05) is 42.5 Å². The van der Waals surface area contributed by atoms with E-state index in [1.54, 1.807) is 54.6 Å². The molecule has 0 unspecified atom stereocenters. The summed E-state index contributed by atoms with van der Waals surface area (Å²) in [5.41, 5.74) is 3.48. The van der Waals surface area contributed by atoms with Crippen LogP contribution in [-0.2, 0) is 0 Å². The Hall–Kier alpha value is -5.64. The van der Waals surface area contributed by atoms with Crippen LogP contribution >= 0.6 is 0 Å². The van der Waals surface area contributed by atoms with Gasteiger partial charge in [0.15, 0.2) is 0 Å². The number of hydrogen-bond donors (Lipinski definition) is 2. The van der Waals surface area contributed by atoms with Crippen molar-refractivity contribution in [3.63, 3.8) is 0 Å². The van der Waals surface area contributed by atoms with E-state index in [4.69, 9.17) is 4.74 Å². The molecule has 0 heterocycles. The second kappa shape index (κ2) is 11.9. The number of hydrogen-bond acceptors (Lipinski definition) is 7. The third-order valence-corrected chi connectivity index (χ3v) is 5.24. The molecule has 0 spiro atoms. The van der Waals surface area contributed by atoms with Gasteiger partial charge in [-0.3, -0.25) is 19.7 Å². The van der Waals surface area contributed by atoms with Gasteiger partial charge in [-0.05, 0) is 54.6 Å². The van der Waals surface area contributed by atoms with E-state index in [1.165, 1.54) is 42.5 Å². The van der Waals surface area contributed by atoms with Gasteiger partial charge in [0.05, 0.1) is 16.7 Å². The molecule has 4 rings (SSSR count). The van der Waals surface area contributed by atoms with Crippen molar-refractivity contribution in [1.29, 1.82) is 0 Å². The molecule has 188 valence electrons. The molecule has 0 aliphatic carbocycles. The van der Waals surface area contributed by atoms with Crippen LogP contribution in [0.1, 0.15) is 36.6 Å². The van der Waals surface area contributed by atoms with Crippen LogP contribution in [0.15, 0.2) is 108 Å². The Bertz CT molecular complexity index is 1500. The fraction of sp³-hybridized carbons (Fsp3) is 0. The molecule has 2 N–H and O–H groups in total. The van der Waals surface area contributed by atoms with E-state index in [-0.39, 0.29) is 28.3 Å². The van der Waals surface area contributed by atoms with Gasteiger partial charge in [-0.2, -0.15) is 5.10 Å². The molecule has 0 aromatic heterocycles. The van der Waals surface area contributed by atoms with E-state index in [0.717, 1.165) is 6.21 Å². The normalized spacial score (nSPS) is 10.5. The number of nitrogens with zero attached hydrogens (tertiary/aromatic N) is 2. The lowest BCUT2D eigenvalue weighted by molar-refractivity contribution is -0.385. The smallest absolute Gasteiger partial charge is 0.343 e. The predicted molar refractivity (Wildman–Crippen MR) is 140 cm³/mol. The zero-order chi connectivity index (χ0) is 26.9. The molecule has 10 heteroatoms. The molecular formula is C28H20N4O6. The Morgan fingerprint density at radius 1 is 0.737 bits per heavy atom. The summed E-state index contributed by atoms with van der Waals surface area (Å²) in [6.45, 7) is 0. The van der Waals surface area contributed by atoms with Gasteiger partial charge in [0.2, 0.25) is 5.75 Å². The van der Waals surface area contributed by atoms with Crippen molar-refractivity contribution >= 4 is 35.4 Å². The van der Waals surface area contributed by atoms with Gasteiger partial charge in [-0.15, -0.1) is 0 Å². The molecule has 4 aromatic rings. The first-order valence-corrected chi connectivity index (χ1v) is 11.3. The minimum atomic E-state index is -0.780. The third kappa shape index (κ3) is 6.32. The average Bonchev–Trinajstić information content (AvgIpc) is 2.94. The minimum absolute atomic E-state index is 0.114. The second-order valence-corrected chi connectivity index (χ2v) is 7.80. The highest BCUT2D eigenvalue weighted by molar-refractivity contribution is 6.04. The predicted octanol–water partition coefficient (Wildman–Crippen LogP) is 4.83. The molecule has 0 bridgehead atoms. The summed E-state index contributed by atoms with van der Waals surface area (Å²) in [7, 11) is 0. The fourth-order valence-electron chi connectivity index (χ4n) is 3.35. The topological polar surface area (TPSA) is 140 Å². The summed E-state index contributed by atoms with van der Waals surface area (Å²) >= 11 is 0. The lowest BCUT2D eigenvalue weighted by Gasteiger charge is -2.08. The average molecular weight is 508 g/mol. The van der Waals surface area contributed by atoms with Gasteiger partial charge < -0.3 is 10.1 Å². The fourth-order valence-corrected chi connectivity index (χ4v) is 3.35. The SMILES string of the molecule is O=C(N/N=C/c1cccc([N+](=O)[O-])c1OC(=O)c1ccccc1)c1ccc(NC(=O)c2ccccc2)cc1. The van der Waals surface area contributed by atoms with E-state index in [9.17, 15) is 24.5 Å². The molecular weight excluding hydrogens is 488 g/mol. The molecule has 0 radical (unpaired) electrons. The number of ether oxygens (including phenoxy) is 1.